The summed E-state index contributed by atoms with van der Waals surface area (Å²) < 4.78 is 5.42. The van der Waals surface area contributed by atoms with Crippen molar-refractivity contribution in [2.45, 2.75) is 58.8 Å². The second kappa shape index (κ2) is 7.21. The molecule has 5 heteroatoms. The molecule has 2 N–H and O–H groups in total. The number of nitrogens with zero attached hydrogens (tertiary/aromatic N) is 1. The molecule has 1 aromatic carbocycles. The van der Waals surface area contributed by atoms with Gasteiger partial charge in [-0.15, -0.1) is 0 Å². The summed E-state index contributed by atoms with van der Waals surface area (Å²) in [5.74, 6) is 0. The Morgan fingerprint density at radius 3 is 2.57 bits per heavy atom. The van der Waals surface area contributed by atoms with Gasteiger partial charge in [0.05, 0.1) is 6.61 Å². The molecule has 0 bridgehead atoms. The first kappa shape index (κ1) is 17.6. The number of benzene rings is 1. The molecule has 1 fully saturated rings. The molecule has 0 spiro atoms. The van der Waals surface area contributed by atoms with Crippen molar-refractivity contribution in [3.05, 3.63) is 29.3 Å². The summed E-state index contributed by atoms with van der Waals surface area (Å²) in [5, 5.41) is 13.0. The predicted molar refractivity (Wildman–Crippen MR) is 91.6 cm³/mol. The number of aliphatic hydroxyl groups excluding tert-OH is 1. The van der Waals surface area contributed by atoms with E-state index >= 15 is 0 Å². The summed E-state index contributed by atoms with van der Waals surface area (Å²) in [6.07, 6.45) is 1.51. The number of ether oxygens (including phenoxy) is 1. The zero-order valence-corrected chi connectivity index (χ0v) is 14.6. The SMILES string of the molecule is Cc1cccc(CO)c1NC1CCN(C(=O)OC(C)(C)C)CC1. The van der Waals surface area contributed by atoms with Crippen LogP contribution in [0.3, 0.4) is 0 Å². The monoisotopic (exact) mass is 320 g/mol. The largest absolute Gasteiger partial charge is 0.444 e. The van der Waals surface area contributed by atoms with Crippen molar-refractivity contribution >= 4 is 11.8 Å². The Bertz CT molecular complexity index is 544. The third-order valence-corrected chi connectivity index (χ3v) is 4.02. The molecule has 1 heterocycles. The number of hydrogen-bond acceptors (Lipinski definition) is 4. The van der Waals surface area contributed by atoms with Crippen molar-refractivity contribution in [1.82, 2.24) is 4.90 Å². The van der Waals surface area contributed by atoms with Crippen LogP contribution in [0.25, 0.3) is 0 Å². The molecule has 1 amide bonds. The van der Waals surface area contributed by atoms with Crippen molar-refractivity contribution in [2.24, 2.45) is 0 Å². The van der Waals surface area contributed by atoms with E-state index in [0.717, 1.165) is 29.7 Å². The second-order valence-corrected chi connectivity index (χ2v) is 7.15. The van der Waals surface area contributed by atoms with Crippen molar-refractivity contribution in [1.29, 1.82) is 0 Å². The van der Waals surface area contributed by atoms with E-state index in [1.54, 1.807) is 4.90 Å². The number of amides is 1. The number of nitrogens with one attached hydrogen (secondary N) is 1. The summed E-state index contributed by atoms with van der Waals surface area (Å²) in [6, 6.07) is 6.24. The Kier molecular flexibility index (Phi) is 5.52. The molecular weight excluding hydrogens is 292 g/mol. The molecule has 1 aromatic rings. The lowest BCUT2D eigenvalue weighted by atomic mass is 10.0. The van der Waals surface area contributed by atoms with Crippen LogP contribution in [-0.2, 0) is 11.3 Å². The number of piperidine rings is 1. The molecular formula is C18H28N2O3. The average molecular weight is 320 g/mol. The Morgan fingerprint density at radius 1 is 1.35 bits per heavy atom. The number of para-hydroxylation sites is 1. The average Bonchev–Trinajstić information content (AvgIpc) is 2.48. The maximum atomic E-state index is 12.1. The fourth-order valence-electron chi connectivity index (χ4n) is 2.80. The predicted octanol–water partition coefficient (Wildman–Crippen LogP) is 3.30. The van der Waals surface area contributed by atoms with Crippen molar-refractivity contribution < 1.29 is 14.6 Å². The standard InChI is InChI=1S/C18H28N2O3/c1-13-6-5-7-14(12-21)16(13)19-15-8-10-20(11-9-15)17(22)23-18(2,3)4/h5-7,15,19,21H,8-12H2,1-4H3. The molecule has 0 unspecified atom stereocenters. The number of rotatable bonds is 3. The van der Waals surface area contributed by atoms with Crippen LogP contribution in [0.5, 0.6) is 0 Å². The van der Waals surface area contributed by atoms with Crippen LogP contribution in [0.1, 0.15) is 44.7 Å². The number of carbonyl (C=O) groups is 1. The number of aryl methyl sites for hydroxylation is 1. The number of likely N-dealkylation sites (tertiary alicyclic amines) is 1. The summed E-state index contributed by atoms with van der Waals surface area (Å²) in [4.78, 5) is 13.9. The van der Waals surface area contributed by atoms with E-state index in [4.69, 9.17) is 4.74 Å². The molecule has 128 valence electrons. The van der Waals surface area contributed by atoms with Crippen LogP contribution < -0.4 is 5.32 Å². The van der Waals surface area contributed by atoms with Crippen molar-refractivity contribution in [2.75, 3.05) is 18.4 Å². The molecule has 0 aliphatic carbocycles. The van der Waals surface area contributed by atoms with Gasteiger partial charge in [-0.2, -0.15) is 0 Å². The van der Waals surface area contributed by atoms with Gasteiger partial charge in [-0.05, 0) is 46.1 Å². The molecule has 0 radical (unpaired) electrons. The van der Waals surface area contributed by atoms with Crippen LogP contribution in [0.4, 0.5) is 10.5 Å². The highest BCUT2D eigenvalue weighted by atomic mass is 16.6. The van der Waals surface area contributed by atoms with Crippen LogP contribution >= 0.6 is 0 Å². The Balaban J connectivity index is 1.92. The number of carbonyl (C=O) groups excluding carboxylic acids is 1. The highest BCUT2D eigenvalue weighted by Gasteiger charge is 2.27. The lowest BCUT2D eigenvalue weighted by Crippen LogP contribution is -2.44. The molecule has 1 aliphatic rings. The van der Waals surface area contributed by atoms with E-state index in [2.05, 4.69) is 5.32 Å². The maximum Gasteiger partial charge on any atom is 0.410 e. The third-order valence-electron chi connectivity index (χ3n) is 4.02. The van der Waals surface area contributed by atoms with Crippen LogP contribution in [0, 0.1) is 6.92 Å². The minimum absolute atomic E-state index is 0.0285. The summed E-state index contributed by atoms with van der Waals surface area (Å²) in [7, 11) is 0. The van der Waals surface area contributed by atoms with Gasteiger partial charge in [-0.1, -0.05) is 18.2 Å². The number of anilines is 1. The van der Waals surface area contributed by atoms with E-state index in [9.17, 15) is 9.90 Å². The first-order chi connectivity index (χ1) is 10.8. The topological polar surface area (TPSA) is 61.8 Å². The van der Waals surface area contributed by atoms with E-state index in [1.165, 1.54) is 0 Å². The Labute approximate surface area is 138 Å². The molecule has 5 nitrogen and oxygen atoms in total. The molecule has 0 aromatic heterocycles. The fraction of sp³-hybridized carbons (Fsp3) is 0.611. The first-order valence-corrected chi connectivity index (χ1v) is 8.24. The molecule has 0 atom stereocenters. The van der Waals surface area contributed by atoms with E-state index in [0.29, 0.717) is 19.1 Å². The van der Waals surface area contributed by atoms with Crippen molar-refractivity contribution in [3.63, 3.8) is 0 Å². The van der Waals surface area contributed by atoms with Crippen LogP contribution in [0.2, 0.25) is 0 Å². The Morgan fingerprint density at radius 2 is 2.00 bits per heavy atom. The van der Waals surface area contributed by atoms with Gasteiger partial charge in [-0.3, -0.25) is 0 Å². The quantitative estimate of drug-likeness (QED) is 0.897. The summed E-state index contributed by atoms with van der Waals surface area (Å²) in [5.41, 5.74) is 2.61. The smallest absolute Gasteiger partial charge is 0.410 e. The van der Waals surface area contributed by atoms with E-state index in [1.807, 2.05) is 45.9 Å². The zero-order valence-electron chi connectivity index (χ0n) is 14.6. The molecule has 0 saturated carbocycles. The van der Waals surface area contributed by atoms with E-state index in [-0.39, 0.29) is 12.7 Å². The second-order valence-electron chi connectivity index (χ2n) is 7.15. The number of aliphatic hydroxyl groups is 1. The van der Waals surface area contributed by atoms with Gasteiger partial charge in [0.25, 0.3) is 0 Å². The van der Waals surface area contributed by atoms with Gasteiger partial charge in [0.2, 0.25) is 0 Å². The van der Waals surface area contributed by atoms with Gasteiger partial charge >= 0.3 is 6.09 Å². The van der Waals surface area contributed by atoms with E-state index < -0.39 is 5.60 Å². The summed E-state index contributed by atoms with van der Waals surface area (Å²) in [6.45, 7) is 9.09. The first-order valence-electron chi connectivity index (χ1n) is 8.24. The minimum atomic E-state index is -0.455. The van der Waals surface area contributed by atoms with Gasteiger partial charge in [0, 0.05) is 30.4 Å². The highest BCUT2D eigenvalue weighted by molar-refractivity contribution is 5.68. The van der Waals surface area contributed by atoms with Crippen LogP contribution in [-0.4, -0.2) is 40.8 Å². The van der Waals surface area contributed by atoms with Gasteiger partial charge in [-0.25, -0.2) is 4.79 Å². The van der Waals surface area contributed by atoms with Gasteiger partial charge < -0.3 is 20.1 Å². The highest BCUT2D eigenvalue weighted by Crippen LogP contribution is 2.24. The van der Waals surface area contributed by atoms with Gasteiger partial charge in [0.15, 0.2) is 0 Å². The lowest BCUT2D eigenvalue weighted by Gasteiger charge is -2.34. The van der Waals surface area contributed by atoms with Crippen LogP contribution in [0.15, 0.2) is 18.2 Å². The normalized spacial score (nSPS) is 16.3. The Hall–Kier alpha value is -1.75. The fourth-order valence-corrected chi connectivity index (χ4v) is 2.80. The molecule has 2 rings (SSSR count). The van der Waals surface area contributed by atoms with Gasteiger partial charge in [0.1, 0.15) is 5.60 Å². The van der Waals surface area contributed by atoms with Crippen molar-refractivity contribution in [3.8, 4) is 0 Å². The maximum absolute atomic E-state index is 12.1. The molecule has 1 aliphatic heterocycles. The number of hydrogen-bond donors (Lipinski definition) is 2. The third kappa shape index (κ3) is 4.86. The summed E-state index contributed by atoms with van der Waals surface area (Å²) >= 11 is 0. The zero-order chi connectivity index (χ0) is 17.0. The molecule has 23 heavy (non-hydrogen) atoms. The lowest BCUT2D eigenvalue weighted by molar-refractivity contribution is 0.0210. The minimum Gasteiger partial charge on any atom is -0.444 e. The molecule has 1 saturated heterocycles.